The molecular weight excluding hydrogens is 274 g/mol. The van der Waals surface area contributed by atoms with E-state index in [-0.39, 0.29) is 5.69 Å². The average molecular weight is 282 g/mol. The van der Waals surface area contributed by atoms with Crippen LogP contribution in [-0.4, -0.2) is 20.9 Å². The normalized spacial score (nSPS) is 10.3. The zero-order chi connectivity index (χ0) is 11.7. The second-order valence-corrected chi connectivity index (χ2v) is 4.06. The largest absolute Gasteiger partial charge is 0.476 e. The number of hydrogen-bond donors (Lipinski definition) is 2. The third-order valence-corrected chi connectivity index (χ3v) is 2.56. The third kappa shape index (κ3) is 1.92. The summed E-state index contributed by atoms with van der Waals surface area (Å²) >= 11 is 3.31. The van der Waals surface area contributed by atoms with Crippen LogP contribution in [0.3, 0.4) is 0 Å². The number of aromatic carboxylic acids is 1. The molecule has 0 unspecified atom stereocenters. The van der Waals surface area contributed by atoms with E-state index in [1.165, 1.54) is 10.7 Å². The maximum absolute atomic E-state index is 10.7. The minimum atomic E-state index is -1.09. The molecule has 0 amide bonds. The molecule has 0 saturated carbocycles. The first-order valence-electron chi connectivity index (χ1n) is 4.42. The molecule has 0 aliphatic rings. The van der Waals surface area contributed by atoms with Crippen LogP contribution in [0.1, 0.15) is 10.5 Å². The van der Waals surface area contributed by atoms with Crippen molar-refractivity contribution in [3.8, 4) is 5.69 Å². The van der Waals surface area contributed by atoms with E-state index in [0.717, 1.165) is 4.47 Å². The lowest BCUT2D eigenvalue weighted by Gasteiger charge is -2.03. The van der Waals surface area contributed by atoms with Crippen LogP contribution in [0.5, 0.6) is 0 Å². The van der Waals surface area contributed by atoms with E-state index in [1.54, 1.807) is 12.1 Å². The highest BCUT2D eigenvalue weighted by molar-refractivity contribution is 9.10. The molecule has 0 aliphatic carbocycles. The Morgan fingerprint density at radius 3 is 2.50 bits per heavy atom. The molecule has 16 heavy (non-hydrogen) atoms. The first-order chi connectivity index (χ1) is 7.58. The van der Waals surface area contributed by atoms with Crippen LogP contribution in [0.25, 0.3) is 5.69 Å². The van der Waals surface area contributed by atoms with Crippen molar-refractivity contribution in [2.75, 3.05) is 5.73 Å². The number of hydrogen-bond acceptors (Lipinski definition) is 3. The van der Waals surface area contributed by atoms with Crippen LogP contribution in [-0.2, 0) is 0 Å². The molecule has 0 saturated heterocycles. The molecule has 1 heterocycles. The van der Waals surface area contributed by atoms with Crippen LogP contribution < -0.4 is 5.73 Å². The fraction of sp³-hybridized carbons (Fsp3) is 0. The maximum atomic E-state index is 10.7. The van der Waals surface area contributed by atoms with E-state index >= 15 is 0 Å². The van der Waals surface area contributed by atoms with Gasteiger partial charge in [-0.2, -0.15) is 5.10 Å². The molecule has 0 fully saturated rings. The van der Waals surface area contributed by atoms with Gasteiger partial charge in [-0.05, 0) is 24.3 Å². The summed E-state index contributed by atoms with van der Waals surface area (Å²) < 4.78 is 2.32. The molecule has 0 spiro atoms. The van der Waals surface area contributed by atoms with Crippen molar-refractivity contribution in [1.29, 1.82) is 0 Å². The molecule has 6 heteroatoms. The van der Waals surface area contributed by atoms with E-state index in [4.69, 9.17) is 10.8 Å². The Morgan fingerprint density at radius 1 is 1.38 bits per heavy atom. The highest BCUT2D eigenvalue weighted by Crippen LogP contribution is 2.17. The van der Waals surface area contributed by atoms with Gasteiger partial charge >= 0.3 is 5.97 Å². The summed E-state index contributed by atoms with van der Waals surface area (Å²) in [7, 11) is 0. The third-order valence-electron chi connectivity index (χ3n) is 2.03. The van der Waals surface area contributed by atoms with Gasteiger partial charge in [-0.3, -0.25) is 0 Å². The van der Waals surface area contributed by atoms with Gasteiger partial charge in [-0.1, -0.05) is 15.9 Å². The predicted octanol–water partition coefficient (Wildman–Crippen LogP) is 1.92. The van der Waals surface area contributed by atoms with E-state index < -0.39 is 5.97 Å². The number of carbonyl (C=O) groups is 1. The summed E-state index contributed by atoms with van der Waals surface area (Å²) in [5.74, 6) is -0.803. The number of carboxylic acids is 1. The maximum Gasteiger partial charge on any atom is 0.356 e. The molecule has 1 aromatic carbocycles. The van der Waals surface area contributed by atoms with Crippen LogP contribution >= 0.6 is 15.9 Å². The highest BCUT2D eigenvalue weighted by Gasteiger charge is 2.11. The summed E-state index contributed by atoms with van der Waals surface area (Å²) in [5.41, 5.74) is 6.32. The molecule has 0 atom stereocenters. The van der Waals surface area contributed by atoms with E-state index in [0.29, 0.717) is 11.5 Å². The van der Waals surface area contributed by atoms with Crippen molar-refractivity contribution >= 4 is 27.7 Å². The van der Waals surface area contributed by atoms with E-state index in [2.05, 4.69) is 21.0 Å². The summed E-state index contributed by atoms with van der Waals surface area (Å²) in [4.78, 5) is 10.7. The summed E-state index contributed by atoms with van der Waals surface area (Å²) in [5, 5.41) is 12.7. The monoisotopic (exact) mass is 281 g/mol. The fourth-order valence-corrected chi connectivity index (χ4v) is 1.55. The summed E-state index contributed by atoms with van der Waals surface area (Å²) in [6.45, 7) is 0. The number of rotatable bonds is 2. The molecule has 0 radical (unpaired) electrons. The van der Waals surface area contributed by atoms with Gasteiger partial charge < -0.3 is 10.8 Å². The average Bonchev–Trinajstić information content (AvgIpc) is 2.62. The van der Waals surface area contributed by atoms with Crippen LogP contribution in [0.15, 0.2) is 34.8 Å². The number of nitrogens with two attached hydrogens (primary N) is 1. The zero-order valence-electron chi connectivity index (χ0n) is 8.09. The molecule has 3 N–H and O–H groups in total. The molecule has 0 bridgehead atoms. The highest BCUT2D eigenvalue weighted by atomic mass is 79.9. The summed E-state index contributed by atoms with van der Waals surface area (Å²) in [6, 6.07) is 8.57. The second kappa shape index (κ2) is 3.97. The van der Waals surface area contributed by atoms with E-state index in [9.17, 15) is 4.79 Å². The number of halogens is 1. The smallest absolute Gasteiger partial charge is 0.356 e. The first-order valence-corrected chi connectivity index (χ1v) is 5.22. The Labute approximate surface area is 99.6 Å². The molecular formula is C10H8BrN3O2. The van der Waals surface area contributed by atoms with Crippen molar-refractivity contribution < 1.29 is 9.90 Å². The zero-order valence-corrected chi connectivity index (χ0v) is 9.68. The van der Waals surface area contributed by atoms with Crippen molar-refractivity contribution in [1.82, 2.24) is 9.78 Å². The van der Waals surface area contributed by atoms with Gasteiger partial charge in [0.15, 0.2) is 5.69 Å². The predicted molar refractivity (Wildman–Crippen MR) is 62.6 cm³/mol. The molecule has 2 aromatic rings. The number of benzene rings is 1. The van der Waals surface area contributed by atoms with E-state index in [1.807, 2.05) is 12.1 Å². The fourth-order valence-electron chi connectivity index (χ4n) is 1.29. The number of nitrogen functional groups attached to an aromatic ring is 1. The Morgan fingerprint density at radius 2 is 2.00 bits per heavy atom. The number of aromatic nitrogens is 2. The van der Waals surface area contributed by atoms with Crippen molar-refractivity contribution in [2.24, 2.45) is 0 Å². The molecule has 2 rings (SSSR count). The molecule has 5 nitrogen and oxygen atoms in total. The van der Waals surface area contributed by atoms with Gasteiger partial charge in [-0.15, -0.1) is 0 Å². The second-order valence-electron chi connectivity index (χ2n) is 3.15. The lowest BCUT2D eigenvalue weighted by atomic mass is 10.3. The van der Waals surface area contributed by atoms with Crippen molar-refractivity contribution in [3.63, 3.8) is 0 Å². The SMILES string of the molecule is Nc1cc(C(=O)O)nn1-c1ccc(Br)cc1. The summed E-state index contributed by atoms with van der Waals surface area (Å²) in [6.07, 6.45) is 0. The quantitative estimate of drug-likeness (QED) is 0.881. The minimum absolute atomic E-state index is 0.0691. The van der Waals surface area contributed by atoms with Gasteiger partial charge in [0.2, 0.25) is 0 Å². The number of anilines is 1. The van der Waals surface area contributed by atoms with Gasteiger partial charge in [0, 0.05) is 10.5 Å². The molecule has 0 aliphatic heterocycles. The molecule has 1 aromatic heterocycles. The Bertz CT molecular complexity index is 533. The van der Waals surface area contributed by atoms with Gasteiger partial charge in [0.1, 0.15) is 5.82 Å². The first kappa shape index (κ1) is 10.7. The lowest BCUT2D eigenvalue weighted by Crippen LogP contribution is -2.03. The van der Waals surface area contributed by atoms with Gasteiger partial charge in [0.25, 0.3) is 0 Å². The van der Waals surface area contributed by atoms with Crippen molar-refractivity contribution in [3.05, 3.63) is 40.5 Å². The van der Waals surface area contributed by atoms with Gasteiger partial charge in [-0.25, -0.2) is 9.48 Å². The molecule has 82 valence electrons. The topological polar surface area (TPSA) is 81.1 Å². The number of carboxylic acid groups (broad SMARTS) is 1. The Hall–Kier alpha value is -1.82. The lowest BCUT2D eigenvalue weighted by molar-refractivity contribution is 0.0690. The van der Waals surface area contributed by atoms with Crippen LogP contribution in [0.4, 0.5) is 5.82 Å². The van der Waals surface area contributed by atoms with Crippen molar-refractivity contribution in [2.45, 2.75) is 0 Å². The number of nitrogens with zero attached hydrogens (tertiary/aromatic N) is 2. The standard InChI is InChI=1S/C10H8BrN3O2/c11-6-1-3-7(4-2-6)14-9(12)5-8(13-14)10(15)16/h1-5H,12H2,(H,15,16). The Kier molecular flexibility index (Phi) is 2.66. The van der Waals surface area contributed by atoms with Crippen LogP contribution in [0.2, 0.25) is 0 Å². The Balaban J connectivity index is 2.47. The minimum Gasteiger partial charge on any atom is -0.476 e. The van der Waals surface area contributed by atoms with Crippen LogP contribution in [0, 0.1) is 0 Å². The van der Waals surface area contributed by atoms with Gasteiger partial charge in [0.05, 0.1) is 5.69 Å².